The van der Waals surface area contributed by atoms with Crippen molar-refractivity contribution in [3.8, 4) is 11.3 Å². The lowest BCUT2D eigenvalue weighted by Gasteiger charge is -2.27. The van der Waals surface area contributed by atoms with Gasteiger partial charge in [0.05, 0.1) is 17.9 Å². The first-order valence-corrected chi connectivity index (χ1v) is 11.0. The van der Waals surface area contributed by atoms with E-state index in [1.54, 1.807) is 0 Å². The minimum absolute atomic E-state index is 0.00535. The summed E-state index contributed by atoms with van der Waals surface area (Å²) in [7, 11) is 1.87. The fourth-order valence-electron chi connectivity index (χ4n) is 3.63. The fraction of sp³-hybridized carbons (Fsp3) is 0.357. The van der Waals surface area contributed by atoms with Crippen LogP contribution < -0.4 is 5.32 Å². The predicted molar refractivity (Wildman–Crippen MR) is 134 cm³/mol. The standard InChI is InChI=1S/C28H35N3/c1-27(2,3)24(29-7)18-25(28(4,5)6)30-19-22-17-21-15-11-12-16-23(21)26(31-22)20-13-9-8-10-14-20/h8-18,30H,19H2,1-7H3. The first kappa shape index (κ1) is 22.7. The van der Waals surface area contributed by atoms with Crippen LogP contribution in [0.5, 0.6) is 0 Å². The van der Waals surface area contributed by atoms with Crippen LogP contribution in [-0.2, 0) is 6.54 Å². The third kappa shape index (κ3) is 5.61. The average Bonchev–Trinajstić information content (AvgIpc) is 2.72. The van der Waals surface area contributed by atoms with Gasteiger partial charge in [-0.3, -0.25) is 9.98 Å². The largest absolute Gasteiger partial charge is 0.382 e. The van der Waals surface area contributed by atoms with Crippen LogP contribution in [0.1, 0.15) is 47.2 Å². The Hall–Kier alpha value is -2.94. The highest BCUT2D eigenvalue weighted by molar-refractivity contribution is 5.99. The van der Waals surface area contributed by atoms with Gasteiger partial charge in [-0.05, 0) is 17.5 Å². The maximum Gasteiger partial charge on any atom is 0.0784 e. The van der Waals surface area contributed by atoms with Crippen LogP contribution >= 0.6 is 0 Å². The minimum atomic E-state index is -0.0275. The zero-order valence-corrected chi connectivity index (χ0v) is 20.0. The van der Waals surface area contributed by atoms with E-state index >= 15 is 0 Å². The van der Waals surface area contributed by atoms with Gasteiger partial charge in [0, 0.05) is 40.2 Å². The van der Waals surface area contributed by atoms with Crippen molar-refractivity contribution in [3.05, 3.63) is 78.1 Å². The molecule has 0 aliphatic heterocycles. The summed E-state index contributed by atoms with van der Waals surface area (Å²) in [5.74, 6) is 0. The minimum Gasteiger partial charge on any atom is -0.382 e. The van der Waals surface area contributed by atoms with E-state index in [1.165, 1.54) is 16.5 Å². The van der Waals surface area contributed by atoms with Crippen LogP contribution in [0.3, 0.4) is 0 Å². The van der Waals surface area contributed by atoms with Crippen molar-refractivity contribution < 1.29 is 0 Å². The van der Waals surface area contributed by atoms with Crippen molar-refractivity contribution in [1.29, 1.82) is 0 Å². The Labute approximate surface area is 187 Å². The van der Waals surface area contributed by atoms with Crippen LogP contribution in [0.25, 0.3) is 22.0 Å². The van der Waals surface area contributed by atoms with Gasteiger partial charge in [0.1, 0.15) is 0 Å². The lowest BCUT2D eigenvalue weighted by atomic mass is 9.85. The molecular formula is C28H35N3. The molecule has 2 aromatic carbocycles. The summed E-state index contributed by atoms with van der Waals surface area (Å²) in [6.07, 6.45) is 2.21. The molecule has 0 fully saturated rings. The van der Waals surface area contributed by atoms with E-state index in [0.717, 1.165) is 22.7 Å². The van der Waals surface area contributed by atoms with E-state index in [4.69, 9.17) is 4.98 Å². The monoisotopic (exact) mass is 413 g/mol. The molecule has 162 valence electrons. The maximum atomic E-state index is 5.05. The highest BCUT2D eigenvalue weighted by atomic mass is 14.9. The van der Waals surface area contributed by atoms with Crippen LogP contribution in [-0.4, -0.2) is 17.7 Å². The summed E-state index contributed by atoms with van der Waals surface area (Å²) >= 11 is 0. The summed E-state index contributed by atoms with van der Waals surface area (Å²) in [4.78, 5) is 9.60. The number of pyridine rings is 1. The molecule has 0 atom stereocenters. The molecular weight excluding hydrogens is 378 g/mol. The molecule has 0 saturated heterocycles. The second-order valence-corrected chi connectivity index (χ2v) is 10.1. The third-order valence-electron chi connectivity index (χ3n) is 5.40. The van der Waals surface area contributed by atoms with Gasteiger partial charge in [-0.15, -0.1) is 0 Å². The van der Waals surface area contributed by atoms with Gasteiger partial charge in [-0.25, -0.2) is 0 Å². The number of hydrogen-bond donors (Lipinski definition) is 1. The highest BCUT2D eigenvalue weighted by Gasteiger charge is 2.22. The van der Waals surface area contributed by atoms with Crippen molar-refractivity contribution >= 4 is 16.5 Å². The first-order chi connectivity index (χ1) is 14.6. The van der Waals surface area contributed by atoms with Crippen molar-refractivity contribution in [1.82, 2.24) is 10.3 Å². The van der Waals surface area contributed by atoms with Gasteiger partial charge in [-0.1, -0.05) is 96.1 Å². The summed E-state index contributed by atoms with van der Waals surface area (Å²) in [5.41, 5.74) is 5.41. The molecule has 1 aromatic heterocycles. The zero-order valence-electron chi connectivity index (χ0n) is 20.0. The third-order valence-corrected chi connectivity index (χ3v) is 5.40. The molecule has 3 rings (SSSR count). The predicted octanol–water partition coefficient (Wildman–Crippen LogP) is 7.04. The van der Waals surface area contributed by atoms with Gasteiger partial charge < -0.3 is 5.32 Å². The Morgan fingerprint density at radius 1 is 0.903 bits per heavy atom. The molecule has 0 aliphatic rings. The van der Waals surface area contributed by atoms with Crippen molar-refractivity contribution in [2.75, 3.05) is 7.05 Å². The van der Waals surface area contributed by atoms with Gasteiger partial charge in [0.25, 0.3) is 0 Å². The Kier molecular flexibility index (Phi) is 6.64. The van der Waals surface area contributed by atoms with E-state index in [2.05, 4.69) is 113 Å². The van der Waals surface area contributed by atoms with E-state index in [0.29, 0.717) is 6.54 Å². The summed E-state index contributed by atoms with van der Waals surface area (Å²) in [6, 6.07) is 21.1. The molecule has 0 aliphatic carbocycles. The number of nitrogens with one attached hydrogen (secondary N) is 1. The summed E-state index contributed by atoms with van der Waals surface area (Å²) in [6.45, 7) is 13.9. The molecule has 0 unspecified atom stereocenters. The van der Waals surface area contributed by atoms with Gasteiger partial charge in [0.2, 0.25) is 0 Å². The molecule has 0 amide bonds. The number of fused-ring (bicyclic) bond motifs is 1. The molecule has 1 N–H and O–H groups in total. The molecule has 1 heterocycles. The van der Waals surface area contributed by atoms with Gasteiger partial charge in [-0.2, -0.15) is 0 Å². The number of allylic oxidation sites excluding steroid dienone is 2. The van der Waals surface area contributed by atoms with Crippen LogP contribution in [0, 0.1) is 10.8 Å². The molecule has 0 spiro atoms. The molecule has 3 heteroatoms. The second-order valence-electron chi connectivity index (χ2n) is 10.1. The molecule has 3 nitrogen and oxygen atoms in total. The average molecular weight is 414 g/mol. The highest BCUT2D eigenvalue weighted by Crippen LogP contribution is 2.29. The lowest BCUT2D eigenvalue weighted by Crippen LogP contribution is -2.28. The first-order valence-electron chi connectivity index (χ1n) is 11.0. The Balaban J connectivity index is 1.99. The van der Waals surface area contributed by atoms with E-state index in [1.807, 2.05) is 13.1 Å². The Morgan fingerprint density at radius 3 is 2.16 bits per heavy atom. The summed E-state index contributed by atoms with van der Waals surface area (Å²) < 4.78 is 0. The van der Waals surface area contributed by atoms with Crippen LogP contribution in [0.15, 0.2) is 77.4 Å². The number of rotatable bonds is 5. The topological polar surface area (TPSA) is 37.3 Å². The molecule has 3 aromatic rings. The number of benzene rings is 2. The smallest absolute Gasteiger partial charge is 0.0784 e. The molecule has 0 bridgehead atoms. The Morgan fingerprint density at radius 2 is 1.55 bits per heavy atom. The Bertz CT molecular complexity index is 1090. The number of hydrogen-bond acceptors (Lipinski definition) is 3. The summed E-state index contributed by atoms with van der Waals surface area (Å²) in [5, 5.41) is 6.06. The molecule has 31 heavy (non-hydrogen) atoms. The van der Waals surface area contributed by atoms with Gasteiger partial charge in [0.15, 0.2) is 0 Å². The lowest BCUT2D eigenvalue weighted by molar-refractivity contribution is 0.457. The molecule has 0 saturated carbocycles. The van der Waals surface area contributed by atoms with E-state index in [9.17, 15) is 0 Å². The number of nitrogens with zero attached hydrogens (tertiary/aromatic N) is 2. The second kappa shape index (κ2) is 9.05. The van der Waals surface area contributed by atoms with Crippen molar-refractivity contribution in [2.24, 2.45) is 15.8 Å². The quantitative estimate of drug-likeness (QED) is 0.456. The number of aromatic nitrogens is 1. The van der Waals surface area contributed by atoms with Crippen LogP contribution in [0.2, 0.25) is 0 Å². The van der Waals surface area contributed by atoms with E-state index < -0.39 is 0 Å². The van der Waals surface area contributed by atoms with Gasteiger partial charge >= 0.3 is 0 Å². The van der Waals surface area contributed by atoms with E-state index in [-0.39, 0.29) is 10.8 Å². The number of aliphatic imine (C=N–C) groups is 1. The van der Waals surface area contributed by atoms with Crippen LogP contribution in [0.4, 0.5) is 0 Å². The van der Waals surface area contributed by atoms with Crippen molar-refractivity contribution in [2.45, 2.75) is 48.1 Å². The van der Waals surface area contributed by atoms with Crippen molar-refractivity contribution in [3.63, 3.8) is 0 Å². The molecule has 0 radical (unpaired) electrons. The fourth-order valence-corrected chi connectivity index (χ4v) is 3.63. The maximum absolute atomic E-state index is 5.05. The zero-order chi connectivity index (χ0) is 22.6. The SMILES string of the molecule is CN=C(C=C(NCc1cc2ccccc2c(-c2ccccc2)n1)C(C)(C)C)C(C)(C)C. The normalized spacial score (nSPS) is 13.5.